The number of nitrogens with two attached hydrogens (primary N) is 1. The van der Waals surface area contributed by atoms with E-state index in [1.54, 1.807) is 0 Å². The highest BCUT2D eigenvalue weighted by Crippen LogP contribution is 2.34. The molecule has 1 aliphatic rings. The largest absolute Gasteiger partial charge is 0.493 e. The van der Waals surface area contributed by atoms with Gasteiger partial charge in [-0.2, -0.15) is 0 Å². The Hall–Kier alpha value is -1.06. The maximum absolute atomic E-state index is 5.70. The predicted octanol–water partition coefficient (Wildman–Crippen LogP) is 2.32. The van der Waals surface area contributed by atoms with Gasteiger partial charge in [-0.25, -0.2) is 0 Å². The Balaban J connectivity index is 2.21. The van der Waals surface area contributed by atoms with Crippen LogP contribution in [0.25, 0.3) is 0 Å². The lowest BCUT2D eigenvalue weighted by molar-refractivity contribution is 0.346. The number of hydrogen-bond donors (Lipinski definition) is 2. The minimum Gasteiger partial charge on any atom is -0.493 e. The highest BCUT2D eigenvalue weighted by molar-refractivity contribution is 5.45. The van der Waals surface area contributed by atoms with Gasteiger partial charge in [0.05, 0.1) is 6.61 Å². The number of fused-ring (bicyclic) bond motifs is 1. The first-order valence-electron chi connectivity index (χ1n) is 6.07. The minimum absolute atomic E-state index is 0.216. The van der Waals surface area contributed by atoms with Gasteiger partial charge in [-0.15, -0.1) is 0 Å². The Bertz CT molecular complexity index is 352. The van der Waals surface area contributed by atoms with Gasteiger partial charge in [0, 0.05) is 18.0 Å². The summed E-state index contributed by atoms with van der Waals surface area (Å²) in [5, 5.41) is 0. The molecule has 1 aromatic carbocycles. The molecule has 1 aliphatic heterocycles. The summed E-state index contributed by atoms with van der Waals surface area (Å²) < 4.78 is 5.70. The third-order valence-corrected chi connectivity index (χ3v) is 3.17. The van der Waals surface area contributed by atoms with E-state index in [0.29, 0.717) is 0 Å². The number of nitrogens with one attached hydrogen (secondary N) is 1. The second-order valence-corrected chi connectivity index (χ2v) is 4.30. The molecule has 1 aromatic rings. The Morgan fingerprint density at radius 2 is 2.38 bits per heavy atom. The maximum Gasteiger partial charge on any atom is 0.127 e. The van der Waals surface area contributed by atoms with Crippen LogP contribution in [0.5, 0.6) is 5.75 Å². The van der Waals surface area contributed by atoms with Crippen LogP contribution in [0.2, 0.25) is 0 Å². The lowest BCUT2D eigenvalue weighted by atomic mass is 9.98. The molecule has 1 heterocycles. The van der Waals surface area contributed by atoms with Crippen LogP contribution in [0.1, 0.15) is 43.4 Å². The zero-order valence-electron chi connectivity index (χ0n) is 9.83. The number of ether oxygens (including phenoxy) is 1. The maximum atomic E-state index is 5.70. The van der Waals surface area contributed by atoms with Crippen molar-refractivity contribution in [3.05, 3.63) is 29.3 Å². The molecule has 0 amide bonds. The van der Waals surface area contributed by atoms with Crippen molar-refractivity contribution in [3.63, 3.8) is 0 Å². The second-order valence-electron chi connectivity index (χ2n) is 4.30. The fourth-order valence-corrected chi connectivity index (χ4v) is 2.25. The Kier molecular flexibility index (Phi) is 3.80. The van der Waals surface area contributed by atoms with Crippen LogP contribution in [0.15, 0.2) is 18.2 Å². The smallest absolute Gasteiger partial charge is 0.127 e. The summed E-state index contributed by atoms with van der Waals surface area (Å²) in [4.78, 5) is 0. The first-order valence-corrected chi connectivity index (χ1v) is 6.07. The molecule has 0 spiro atoms. The zero-order chi connectivity index (χ0) is 11.4. The molecule has 88 valence electrons. The highest BCUT2D eigenvalue weighted by atomic mass is 16.5. The minimum atomic E-state index is 0.216. The van der Waals surface area contributed by atoms with Crippen LogP contribution in [0.3, 0.4) is 0 Å². The molecule has 3 nitrogen and oxygen atoms in total. The first kappa shape index (κ1) is 11.4. The molecule has 0 aromatic heterocycles. The van der Waals surface area contributed by atoms with Gasteiger partial charge in [0.2, 0.25) is 0 Å². The van der Waals surface area contributed by atoms with E-state index in [2.05, 4.69) is 30.5 Å². The molecule has 3 N–H and O–H groups in total. The highest BCUT2D eigenvalue weighted by Gasteiger charge is 2.20. The summed E-state index contributed by atoms with van der Waals surface area (Å²) in [7, 11) is 0. The molecule has 3 heteroatoms. The lowest BCUT2D eigenvalue weighted by Crippen LogP contribution is -2.28. The van der Waals surface area contributed by atoms with Crippen LogP contribution in [0.4, 0.5) is 0 Å². The molecule has 0 saturated heterocycles. The Labute approximate surface area is 97.0 Å². The summed E-state index contributed by atoms with van der Waals surface area (Å²) >= 11 is 0. The third kappa shape index (κ3) is 2.20. The van der Waals surface area contributed by atoms with Crippen molar-refractivity contribution < 1.29 is 4.74 Å². The van der Waals surface area contributed by atoms with Gasteiger partial charge >= 0.3 is 0 Å². The molecular formula is C13H20N2O. The van der Waals surface area contributed by atoms with Crippen molar-refractivity contribution in [1.29, 1.82) is 0 Å². The molecule has 16 heavy (non-hydrogen) atoms. The van der Waals surface area contributed by atoms with Crippen LogP contribution in [-0.2, 0) is 6.42 Å². The lowest BCUT2D eigenvalue weighted by Gasteiger charge is -2.18. The molecule has 2 rings (SSSR count). The summed E-state index contributed by atoms with van der Waals surface area (Å²) in [5.41, 5.74) is 5.43. The van der Waals surface area contributed by atoms with Crippen molar-refractivity contribution >= 4 is 0 Å². The van der Waals surface area contributed by atoms with Crippen LogP contribution in [-0.4, -0.2) is 6.61 Å². The van der Waals surface area contributed by atoms with E-state index >= 15 is 0 Å². The number of benzene rings is 1. The fourth-order valence-electron chi connectivity index (χ4n) is 2.25. The first-order chi connectivity index (χ1) is 7.86. The second kappa shape index (κ2) is 5.32. The topological polar surface area (TPSA) is 47.3 Å². The summed E-state index contributed by atoms with van der Waals surface area (Å²) in [6.07, 6.45) is 4.45. The van der Waals surface area contributed by atoms with Crippen molar-refractivity contribution in [2.24, 2.45) is 5.84 Å². The van der Waals surface area contributed by atoms with E-state index in [0.717, 1.165) is 25.2 Å². The van der Waals surface area contributed by atoms with Gasteiger partial charge < -0.3 is 4.74 Å². The van der Waals surface area contributed by atoms with Crippen LogP contribution >= 0.6 is 0 Å². The van der Waals surface area contributed by atoms with Crippen molar-refractivity contribution in [3.8, 4) is 5.75 Å². The molecule has 1 unspecified atom stereocenters. The average molecular weight is 220 g/mol. The Morgan fingerprint density at radius 1 is 1.50 bits per heavy atom. The quantitative estimate of drug-likeness (QED) is 0.591. The van der Waals surface area contributed by atoms with Gasteiger partial charge in [-0.05, 0) is 12.0 Å². The molecule has 0 aliphatic carbocycles. The average Bonchev–Trinajstić information content (AvgIpc) is 2.78. The molecule has 0 radical (unpaired) electrons. The van der Waals surface area contributed by atoms with E-state index < -0.39 is 0 Å². The number of para-hydroxylation sites is 1. The number of hydrogen-bond acceptors (Lipinski definition) is 3. The Morgan fingerprint density at radius 3 is 3.12 bits per heavy atom. The number of hydrazine groups is 1. The molecule has 0 saturated carbocycles. The molecule has 0 bridgehead atoms. The number of unbranched alkanes of at least 4 members (excludes halogenated alkanes) is 1. The van der Waals surface area contributed by atoms with E-state index in [9.17, 15) is 0 Å². The van der Waals surface area contributed by atoms with E-state index in [1.807, 2.05) is 0 Å². The van der Waals surface area contributed by atoms with Gasteiger partial charge in [0.25, 0.3) is 0 Å². The van der Waals surface area contributed by atoms with Gasteiger partial charge in [0.15, 0.2) is 0 Å². The summed E-state index contributed by atoms with van der Waals surface area (Å²) in [6.45, 7) is 3.00. The molecule has 0 fully saturated rings. The van der Waals surface area contributed by atoms with Crippen molar-refractivity contribution in [1.82, 2.24) is 5.43 Å². The van der Waals surface area contributed by atoms with E-state index in [-0.39, 0.29) is 6.04 Å². The van der Waals surface area contributed by atoms with Crippen molar-refractivity contribution in [2.75, 3.05) is 6.61 Å². The fraction of sp³-hybridized carbons (Fsp3) is 0.538. The van der Waals surface area contributed by atoms with E-state index in [1.165, 1.54) is 24.0 Å². The monoisotopic (exact) mass is 220 g/mol. The standard InChI is InChI=1S/C13H20N2O/c1-2-3-7-12(15-14)11-6-4-5-10-8-9-16-13(10)11/h4-6,12,15H,2-3,7-9,14H2,1H3. The van der Waals surface area contributed by atoms with Gasteiger partial charge in [-0.1, -0.05) is 38.0 Å². The summed E-state index contributed by atoms with van der Waals surface area (Å²) in [6, 6.07) is 6.57. The van der Waals surface area contributed by atoms with Crippen LogP contribution < -0.4 is 16.0 Å². The zero-order valence-corrected chi connectivity index (χ0v) is 9.83. The normalized spacial score (nSPS) is 15.6. The predicted molar refractivity (Wildman–Crippen MR) is 65.2 cm³/mol. The molecular weight excluding hydrogens is 200 g/mol. The summed E-state index contributed by atoms with van der Waals surface area (Å²) in [5.74, 6) is 6.69. The SMILES string of the molecule is CCCCC(NN)c1cccc2c1OCC2. The number of rotatable bonds is 5. The van der Waals surface area contributed by atoms with Gasteiger partial charge in [-0.3, -0.25) is 11.3 Å². The van der Waals surface area contributed by atoms with Crippen LogP contribution in [0, 0.1) is 0 Å². The van der Waals surface area contributed by atoms with Crippen molar-refractivity contribution in [2.45, 2.75) is 38.6 Å². The van der Waals surface area contributed by atoms with E-state index in [4.69, 9.17) is 10.6 Å². The van der Waals surface area contributed by atoms with Gasteiger partial charge in [0.1, 0.15) is 5.75 Å². The third-order valence-electron chi connectivity index (χ3n) is 3.17. The molecule has 1 atom stereocenters.